The molecule has 3 rings (SSSR count). The number of likely N-dealkylation sites (tertiary alicyclic amines) is 1. The summed E-state index contributed by atoms with van der Waals surface area (Å²) in [5, 5.41) is 2.84. The molecule has 0 bridgehead atoms. The van der Waals surface area contributed by atoms with Crippen LogP contribution in [0.25, 0.3) is 0 Å². The molecule has 6 nitrogen and oxygen atoms in total. The Kier molecular flexibility index (Phi) is 5.73. The molecule has 2 heterocycles. The Morgan fingerprint density at radius 2 is 2.00 bits per heavy atom. The van der Waals surface area contributed by atoms with E-state index in [1.165, 1.54) is 0 Å². The standard InChI is InChI=1S/C20H25N3O3/c1-2-17-9-10-18(26-17)20(25)22-16-7-5-14(6-8-16)12-23-11-3-4-15(13-23)19(21)24/h5-10,15H,2-4,11-13H2,1H3,(H2,21,24)(H,22,25). The molecular formula is C20H25N3O3. The Morgan fingerprint density at radius 3 is 2.65 bits per heavy atom. The highest BCUT2D eigenvalue weighted by molar-refractivity contribution is 6.02. The van der Waals surface area contributed by atoms with Crippen molar-refractivity contribution in [3.05, 3.63) is 53.5 Å². The molecule has 2 aromatic rings. The van der Waals surface area contributed by atoms with E-state index in [-0.39, 0.29) is 17.7 Å². The van der Waals surface area contributed by atoms with E-state index in [0.29, 0.717) is 12.3 Å². The molecule has 2 amide bonds. The van der Waals surface area contributed by atoms with Crippen molar-refractivity contribution in [2.24, 2.45) is 11.7 Å². The van der Waals surface area contributed by atoms with Gasteiger partial charge in [0.2, 0.25) is 5.91 Å². The van der Waals surface area contributed by atoms with Crippen LogP contribution in [0.4, 0.5) is 5.69 Å². The molecule has 0 spiro atoms. The van der Waals surface area contributed by atoms with Gasteiger partial charge in [-0.2, -0.15) is 0 Å². The van der Waals surface area contributed by atoms with Crippen LogP contribution in [0, 0.1) is 5.92 Å². The highest BCUT2D eigenvalue weighted by Gasteiger charge is 2.23. The molecule has 138 valence electrons. The number of aryl methyl sites for hydroxylation is 1. The number of amides is 2. The number of piperidine rings is 1. The first-order valence-electron chi connectivity index (χ1n) is 9.06. The number of furan rings is 1. The maximum absolute atomic E-state index is 12.2. The van der Waals surface area contributed by atoms with Crippen LogP contribution in [0.5, 0.6) is 0 Å². The van der Waals surface area contributed by atoms with Crippen molar-refractivity contribution in [3.63, 3.8) is 0 Å². The number of primary amides is 1. The molecule has 1 saturated heterocycles. The summed E-state index contributed by atoms with van der Waals surface area (Å²) in [6.07, 6.45) is 2.63. The van der Waals surface area contributed by atoms with Gasteiger partial charge in [-0.1, -0.05) is 19.1 Å². The maximum atomic E-state index is 12.2. The van der Waals surface area contributed by atoms with E-state index in [4.69, 9.17) is 10.2 Å². The van der Waals surface area contributed by atoms with Gasteiger partial charge in [0.15, 0.2) is 5.76 Å². The van der Waals surface area contributed by atoms with E-state index in [0.717, 1.165) is 49.4 Å². The zero-order valence-corrected chi connectivity index (χ0v) is 15.0. The lowest BCUT2D eigenvalue weighted by Gasteiger charge is -2.31. The van der Waals surface area contributed by atoms with Crippen LogP contribution in [-0.4, -0.2) is 29.8 Å². The predicted octanol–water partition coefficient (Wildman–Crippen LogP) is 2.79. The molecule has 1 aromatic heterocycles. The van der Waals surface area contributed by atoms with Crippen LogP contribution < -0.4 is 11.1 Å². The molecule has 0 radical (unpaired) electrons. The van der Waals surface area contributed by atoms with Crippen molar-refractivity contribution in [2.45, 2.75) is 32.7 Å². The summed E-state index contributed by atoms with van der Waals surface area (Å²) in [5.41, 5.74) is 7.30. The van der Waals surface area contributed by atoms with Gasteiger partial charge in [-0.25, -0.2) is 0 Å². The molecule has 1 atom stereocenters. The molecule has 1 fully saturated rings. The summed E-state index contributed by atoms with van der Waals surface area (Å²) in [4.78, 5) is 25.8. The van der Waals surface area contributed by atoms with Crippen LogP contribution >= 0.6 is 0 Å². The number of rotatable bonds is 6. The van der Waals surface area contributed by atoms with Gasteiger partial charge < -0.3 is 15.5 Å². The summed E-state index contributed by atoms with van der Waals surface area (Å²) in [6, 6.07) is 11.2. The van der Waals surface area contributed by atoms with Crippen molar-refractivity contribution < 1.29 is 14.0 Å². The summed E-state index contributed by atoms with van der Waals surface area (Å²) >= 11 is 0. The summed E-state index contributed by atoms with van der Waals surface area (Å²) in [5.74, 6) is 0.594. The Bertz CT molecular complexity index is 767. The second-order valence-electron chi connectivity index (χ2n) is 6.75. The van der Waals surface area contributed by atoms with Gasteiger partial charge in [-0.05, 0) is 49.2 Å². The lowest BCUT2D eigenvalue weighted by atomic mass is 9.97. The van der Waals surface area contributed by atoms with Crippen LogP contribution in [-0.2, 0) is 17.8 Å². The zero-order valence-electron chi connectivity index (χ0n) is 15.0. The average Bonchev–Trinajstić information content (AvgIpc) is 3.13. The fraction of sp³-hybridized carbons (Fsp3) is 0.400. The molecule has 0 aliphatic carbocycles. The molecule has 26 heavy (non-hydrogen) atoms. The molecule has 3 N–H and O–H groups in total. The van der Waals surface area contributed by atoms with E-state index in [1.807, 2.05) is 37.3 Å². The molecule has 6 heteroatoms. The van der Waals surface area contributed by atoms with Crippen molar-refractivity contribution in [1.29, 1.82) is 0 Å². The van der Waals surface area contributed by atoms with Gasteiger partial charge in [0.25, 0.3) is 5.91 Å². The first-order valence-corrected chi connectivity index (χ1v) is 9.06. The van der Waals surface area contributed by atoms with E-state index >= 15 is 0 Å². The van der Waals surface area contributed by atoms with Crippen molar-refractivity contribution in [3.8, 4) is 0 Å². The number of hydrogen-bond acceptors (Lipinski definition) is 4. The first kappa shape index (κ1) is 18.2. The average molecular weight is 355 g/mol. The normalized spacial score (nSPS) is 17.8. The van der Waals surface area contributed by atoms with E-state index in [2.05, 4.69) is 10.2 Å². The molecule has 1 unspecified atom stereocenters. The zero-order chi connectivity index (χ0) is 18.5. The van der Waals surface area contributed by atoms with Gasteiger partial charge in [-0.3, -0.25) is 14.5 Å². The lowest BCUT2D eigenvalue weighted by molar-refractivity contribution is -0.123. The highest BCUT2D eigenvalue weighted by Crippen LogP contribution is 2.19. The molecular weight excluding hydrogens is 330 g/mol. The van der Waals surface area contributed by atoms with Crippen LogP contribution in [0.15, 0.2) is 40.8 Å². The number of nitrogens with one attached hydrogen (secondary N) is 1. The Morgan fingerprint density at radius 1 is 1.23 bits per heavy atom. The topological polar surface area (TPSA) is 88.6 Å². The molecule has 1 aliphatic heterocycles. The monoisotopic (exact) mass is 355 g/mol. The second kappa shape index (κ2) is 8.19. The van der Waals surface area contributed by atoms with E-state index in [1.54, 1.807) is 6.07 Å². The SMILES string of the molecule is CCc1ccc(C(=O)Nc2ccc(CN3CCCC(C(N)=O)C3)cc2)o1. The lowest BCUT2D eigenvalue weighted by Crippen LogP contribution is -2.40. The van der Waals surface area contributed by atoms with Crippen molar-refractivity contribution in [2.75, 3.05) is 18.4 Å². The third kappa shape index (κ3) is 4.52. The largest absolute Gasteiger partial charge is 0.456 e. The summed E-state index contributed by atoms with van der Waals surface area (Å²) in [7, 11) is 0. The fourth-order valence-corrected chi connectivity index (χ4v) is 3.27. The minimum atomic E-state index is -0.252. The minimum absolute atomic E-state index is 0.0522. The van der Waals surface area contributed by atoms with Gasteiger partial charge in [0.05, 0.1) is 5.92 Å². The highest BCUT2D eigenvalue weighted by atomic mass is 16.3. The van der Waals surface area contributed by atoms with Gasteiger partial charge >= 0.3 is 0 Å². The quantitative estimate of drug-likeness (QED) is 0.834. The van der Waals surface area contributed by atoms with Crippen LogP contribution in [0.2, 0.25) is 0 Å². The van der Waals surface area contributed by atoms with Crippen LogP contribution in [0.1, 0.15) is 41.6 Å². The Labute approximate surface area is 153 Å². The van der Waals surface area contributed by atoms with Gasteiger partial charge in [-0.15, -0.1) is 0 Å². The minimum Gasteiger partial charge on any atom is -0.456 e. The third-order valence-electron chi connectivity index (χ3n) is 4.76. The third-order valence-corrected chi connectivity index (χ3v) is 4.76. The Balaban J connectivity index is 1.56. The number of nitrogens with two attached hydrogens (primary N) is 1. The fourth-order valence-electron chi connectivity index (χ4n) is 3.27. The van der Waals surface area contributed by atoms with E-state index < -0.39 is 0 Å². The maximum Gasteiger partial charge on any atom is 0.291 e. The first-order chi connectivity index (χ1) is 12.5. The smallest absolute Gasteiger partial charge is 0.291 e. The van der Waals surface area contributed by atoms with Gasteiger partial charge in [0.1, 0.15) is 5.76 Å². The van der Waals surface area contributed by atoms with Crippen molar-refractivity contribution in [1.82, 2.24) is 4.90 Å². The van der Waals surface area contributed by atoms with Crippen molar-refractivity contribution >= 4 is 17.5 Å². The molecule has 1 aromatic carbocycles. The number of hydrogen-bond donors (Lipinski definition) is 2. The summed E-state index contributed by atoms with van der Waals surface area (Å²) in [6.45, 7) is 4.44. The summed E-state index contributed by atoms with van der Waals surface area (Å²) < 4.78 is 5.46. The Hall–Kier alpha value is -2.60. The number of carbonyl (C=O) groups excluding carboxylic acids is 2. The van der Waals surface area contributed by atoms with E-state index in [9.17, 15) is 9.59 Å². The second-order valence-corrected chi connectivity index (χ2v) is 6.75. The number of carbonyl (C=O) groups is 2. The number of nitrogens with zero attached hydrogens (tertiary/aromatic N) is 1. The predicted molar refractivity (Wildman–Crippen MR) is 99.7 cm³/mol. The number of benzene rings is 1. The molecule has 0 saturated carbocycles. The van der Waals surface area contributed by atoms with Gasteiger partial charge in [0, 0.05) is 25.2 Å². The molecule has 1 aliphatic rings. The number of anilines is 1. The van der Waals surface area contributed by atoms with Crippen LogP contribution in [0.3, 0.4) is 0 Å².